The molecule has 0 saturated carbocycles. The van der Waals surface area contributed by atoms with Gasteiger partial charge in [0, 0.05) is 10.7 Å². The van der Waals surface area contributed by atoms with Crippen LogP contribution in [0.15, 0.2) is 36.4 Å². The highest BCUT2D eigenvalue weighted by Crippen LogP contribution is 2.21. The molecule has 0 aliphatic rings. The van der Waals surface area contributed by atoms with Crippen LogP contribution in [0.4, 0.5) is 10.1 Å². The van der Waals surface area contributed by atoms with Crippen LogP contribution in [0.1, 0.15) is 5.56 Å². The minimum absolute atomic E-state index is 0.0537. The SMILES string of the molecule is Cc1cc(OCC(=O)Nc2ccc(F)c(Cl)c2)ccc1Cl. The number of rotatable bonds is 4. The van der Waals surface area contributed by atoms with Gasteiger partial charge in [0.25, 0.3) is 5.91 Å². The van der Waals surface area contributed by atoms with E-state index in [0.29, 0.717) is 16.5 Å². The van der Waals surface area contributed by atoms with Crippen molar-refractivity contribution in [3.8, 4) is 5.75 Å². The first-order valence-corrected chi connectivity index (χ1v) is 6.85. The topological polar surface area (TPSA) is 38.3 Å². The Bertz CT molecular complexity index is 677. The summed E-state index contributed by atoms with van der Waals surface area (Å²) in [4.78, 5) is 11.7. The zero-order valence-electron chi connectivity index (χ0n) is 11.1. The Morgan fingerprint density at radius 3 is 2.62 bits per heavy atom. The van der Waals surface area contributed by atoms with Crippen molar-refractivity contribution in [1.82, 2.24) is 0 Å². The van der Waals surface area contributed by atoms with E-state index in [-0.39, 0.29) is 17.5 Å². The normalized spacial score (nSPS) is 10.3. The third kappa shape index (κ3) is 4.34. The van der Waals surface area contributed by atoms with E-state index < -0.39 is 5.82 Å². The number of nitrogens with one attached hydrogen (secondary N) is 1. The third-order valence-corrected chi connectivity index (χ3v) is 3.42. The maximum absolute atomic E-state index is 13.0. The molecule has 0 aliphatic heterocycles. The van der Waals surface area contributed by atoms with Gasteiger partial charge in [0.05, 0.1) is 5.02 Å². The summed E-state index contributed by atoms with van der Waals surface area (Å²) in [5.41, 5.74) is 1.27. The fourth-order valence-electron chi connectivity index (χ4n) is 1.63. The molecule has 0 atom stereocenters. The van der Waals surface area contributed by atoms with Gasteiger partial charge in [-0.1, -0.05) is 23.2 Å². The lowest BCUT2D eigenvalue weighted by molar-refractivity contribution is -0.118. The minimum atomic E-state index is -0.539. The van der Waals surface area contributed by atoms with Crippen molar-refractivity contribution in [3.63, 3.8) is 0 Å². The van der Waals surface area contributed by atoms with E-state index in [1.807, 2.05) is 6.92 Å². The predicted molar refractivity (Wildman–Crippen MR) is 81.7 cm³/mol. The molecular formula is C15H12Cl2FNO2. The first-order chi connectivity index (χ1) is 9.95. The molecule has 21 heavy (non-hydrogen) atoms. The molecule has 110 valence electrons. The number of benzene rings is 2. The fraction of sp³-hybridized carbons (Fsp3) is 0.133. The van der Waals surface area contributed by atoms with Gasteiger partial charge in [0.15, 0.2) is 6.61 Å². The molecule has 0 saturated heterocycles. The molecule has 1 amide bonds. The maximum Gasteiger partial charge on any atom is 0.262 e. The Labute approximate surface area is 131 Å². The summed E-state index contributed by atoms with van der Waals surface area (Å²) in [7, 11) is 0. The van der Waals surface area contributed by atoms with E-state index in [4.69, 9.17) is 27.9 Å². The molecule has 2 rings (SSSR count). The number of anilines is 1. The van der Waals surface area contributed by atoms with E-state index in [1.54, 1.807) is 18.2 Å². The van der Waals surface area contributed by atoms with Gasteiger partial charge in [-0.25, -0.2) is 4.39 Å². The predicted octanol–water partition coefficient (Wildman–Crippen LogP) is 4.46. The van der Waals surface area contributed by atoms with Gasteiger partial charge in [0.2, 0.25) is 0 Å². The standard InChI is InChI=1S/C15H12Cl2FNO2/c1-9-6-11(3-4-12(9)16)21-8-15(20)19-10-2-5-14(18)13(17)7-10/h2-7H,8H2,1H3,(H,19,20). The Morgan fingerprint density at radius 2 is 1.95 bits per heavy atom. The summed E-state index contributed by atoms with van der Waals surface area (Å²) in [6.07, 6.45) is 0. The van der Waals surface area contributed by atoms with Crippen LogP contribution in [0.5, 0.6) is 5.75 Å². The Balaban J connectivity index is 1.92. The van der Waals surface area contributed by atoms with Crippen LogP contribution in [0.25, 0.3) is 0 Å². The third-order valence-electron chi connectivity index (χ3n) is 2.70. The van der Waals surface area contributed by atoms with Crippen LogP contribution in [0.3, 0.4) is 0 Å². The average Bonchev–Trinajstić information content (AvgIpc) is 2.44. The second-order valence-electron chi connectivity index (χ2n) is 4.38. The van der Waals surface area contributed by atoms with Crippen molar-refractivity contribution < 1.29 is 13.9 Å². The Hall–Kier alpha value is -1.78. The lowest BCUT2D eigenvalue weighted by atomic mass is 10.2. The molecule has 0 aliphatic carbocycles. The van der Waals surface area contributed by atoms with Gasteiger partial charge in [-0.2, -0.15) is 0 Å². The molecule has 1 N–H and O–H groups in total. The van der Waals surface area contributed by atoms with Crippen molar-refractivity contribution in [2.24, 2.45) is 0 Å². The zero-order chi connectivity index (χ0) is 15.4. The number of carbonyl (C=O) groups is 1. The summed E-state index contributed by atoms with van der Waals surface area (Å²) in [5, 5.41) is 3.14. The van der Waals surface area contributed by atoms with Crippen LogP contribution in [-0.2, 0) is 4.79 Å². The lowest BCUT2D eigenvalue weighted by Gasteiger charge is -2.09. The minimum Gasteiger partial charge on any atom is -0.484 e. The van der Waals surface area contributed by atoms with Crippen molar-refractivity contribution in [2.45, 2.75) is 6.92 Å². The van der Waals surface area contributed by atoms with Gasteiger partial charge in [-0.3, -0.25) is 4.79 Å². The molecule has 0 fully saturated rings. The molecule has 0 spiro atoms. The zero-order valence-corrected chi connectivity index (χ0v) is 12.6. The molecule has 6 heteroatoms. The monoisotopic (exact) mass is 327 g/mol. The highest BCUT2D eigenvalue weighted by molar-refractivity contribution is 6.31. The Kier molecular flexibility index (Phi) is 5.04. The largest absolute Gasteiger partial charge is 0.484 e. The maximum atomic E-state index is 13.0. The van der Waals surface area contributed by atoms with Gasteiger partial charge in [-0.05, 0) is 48.9 Å². The fourth-order valence-corrected chi connectivity index (χ4v) is 1.92. The first-order valence-electron chi connectivity index (χ1n) is 6.09. The average molecular weight is 328 g/mol. The van der Waals surface area contributed by atoms with E-state index in [1.165, 1.54) is 18.2 Å². The van der Waals surface area contributed by atoms with Crippen molar-refractivity contribution in [2.75, 3.05) is 11.9 Å². The molecular weight excluding hydrogens is 316 g/mol. The van der Waals surface area contributed by atoms with E-state index in [0.717, 1.165) is 5.56 Å². The van der Waals surface area contributed by atoms with Gasteiger partial charge >= 0.3 is 0 Å². The smallest absolute Gasteiger partial charge is 0.262 e. The summed E-state index contributed by atoms with van der Waals surface area (Å²) < 4.78 is 18.3. The van der Waals surface area contributed by atoms with E-state index in [9.17, 15) is 9.18 Å². The number of amides is 1. The number of hydrogen-bond donors (Lipinski definition) is 1. The van der Waals surface area contributed by atoms with Crippen LogP contribution < -0.4 is 10.1 Å². The Morgan fingerprint density at radius 1 is 1.19 bits per heavy atom. The van der Waals surface area contributed by atoms with Crippen LogP contribution in [-0.4, -0.2) is 12.5 Å². The van der Waals surface area contributed by atoms with E-state index >= 15 is 0 Å². The van der Waals surface area contributed by atoms with Crippen molar-refractivity contribution in [3.05, 3.63) is 57.8 Å². The number of hydrogen-bond acceptors (Lipinski definition) is 2. The molecule has 0 heterocycles. The van der Waals surface area contributed by atoms with Crippen molar-refractivity contribution >= 4 is 34.8 Å². The molecule has 0 bridgehead atoms. The van der Waals surface area contributed by atoms with Crippen LogP contribution >= 0.6 is 23.2 Å². The molecule has 0 aromatic heterocycles. The summed E-state index contributed by atoms with van der Waals surface area (Å²) in [5.74, 6) is -0.364. The van der Waals surface area contributed by atoms with Crippen LogP contribution in [0.2, 0.25) is 10.0 Å². The highest BCUT2D eigenvalue weighted by Gasteiger charge is 2.07. The molecule has 0 unspecified atom stereocenters. The number of aryl methyl sites for hydroxylation is 1. The van der Waals surface area contributed by atoms with Gasteiger partial charge in [0.1, 0.15) is 11.6 Å². The lowest BCUT2D eigenvalue weighted by Crippen LogP contribution is -2.20. The molecule has 0 radical (unpaired) electrons. The number of halogens is 3. The summed E-state index contributed by atoms with van der Waals surface area (Å²) in [6, 6.07) is 9.06. The molecule has 2 aromatic rings. The summed E-state index contributed by atoms with van der Waals surface area (Å²) in [6.45, 7) is 1.67. The van der Waals surface area contributed by atoms with Crippen molar-refractivity contribution in [1.29, 1.82) is 0 Å². The van der Waals surface area contributed by atoms with Crippen LogP contribution in [0, 0.1) is 12.7 Å². The second kappa shape index (κ2) is 6.78. The number of carbonyl (C=O) groups excluding carboxylic acids is 1. The molecule has 3 nitrogen and oxygen atoms in total. The van der Waals surface area contributed by atoms with Gasteiger partial charge in [-0.15, -0.1) is 0 Å². The second-order valence-corrected chi connectivity index (χ2v) is 5.19. The molecule has 2 aromatic carbocycles. The van der Waals surface area contributed by atoms with E-state index in [2.05, 4.69) is 5.32 Å². The summed E-state index contributed by atoms with van der Waals surface area (Å²) >= 11 is 11.5. The quantitative estimate of drug-likeness (QED) is 0.900. The number of ether oxygens (including phenoxy) is 1. The highest BCUT2D eigenvalue weighted by atomic mass is 35.5. The first kappa shape index (κ1) is 15.6. The van der Waals surface area contributed by atoms with Gasteiger partial charge < -0.3 is 10.1 Å².